The fourth-order valence-electron chi connectivity index (χ4n) is 4.69. The molecule has 1 aromatic carbocycles. The molecule has 32 heavy (non-hydrogen) atoms. The summed E-state index contributed by atoms with van der Waals surface area (Å²) in [5.41, 5.74) is 4.62. The van der Waals surface area contributed by atoms with Gasteiger partial charge in [0.15, 0.2) is 5.11 Å². The van der Waals surface area contributed by atoms with Crippen LogP contribution in [-0.2, 0) is 4.74 Å². The van der Waals surface area contributed by atoms with Gasteiger partial charge in [-0.15, -0.1) is 0 Å². The van der Waals surface area contributed by atoms with Crippen LogP contribution in [0.5, 0.6) is 0 Å². The average Bonchev–Trinajstić information content (AvgIpc) is 3.43. The lowest BCUT2D eigenvalue weighted by atomic mass is 10.0. The van der Waals surface area contributed by atoms with Crippen LogP contribution in [0.3, 0.4) is 0 Å². The molecule has 2 atom stereocenters. The SMILES string of the molecule is Cc1cccc(-n2cccc2[C@@H]2[C@H](c3ccccn3)NC(=S)N2CCN2CCOCC2)c1. The molecule has 0 saturated carbocycles. The summed E-state index contributed by atoms with van der Waals surface area (Å²) in [5.74, 6) is 0. The minimum Gasteiger partial charge on any atom is -0.379 e. The van der Waals surface area contributed by atoms with Gasteiger partial charge >= 0.3 is 0 Å². The first kappa shape index (κ1) is 21.1. The molecule has 0 radical (unpaired) electrons. The summed E-state index contributed by atoms with van der Waals surface area (Å²) in [6.45, 7) is 7.51. The van der Waals surface area contributed by atoms with Crippen LogP contribution in [0.25, 0.3) is 5.69 Å². The minimum atomic E-state index is -0.00755. The molecule has 6 nitrogen and oxygen atoms in total. The highest BCUT2D eigenvalue weighted by molar-refractivity contribution is 7.80. The van der Waals surface area contributed by atoms with Crippen molar-refractivity contribution in [2.24, 2.45) is 0 Å². The zero-order valence-electron chi connectivity index (χ0n) is 18.4. The molecule has 7 heteroatoms. The Labute approximate surface area is 194 Å². The molecular weight excluding hydrogens is 418 g/mol. The van der Waals surface area contributed by atoms with E-state index in [1.54, 1.807) is 0 Å². The molecule has 0 unspecified atom stereocenters. The van der Waals surface area contributed by atoms with Crippen LogP contribution in [0, 0.1) is 6.92 Å². The highest BCUT2D eigenvalue weighted by Crippen LogP contribution is 2.39. The van der Waals surface area contributed by atoms with Gasteiger partial charge in [-0.25, -0.2) is 0 Å². The Hall–Kier alpha value is -2.74. The zero-order chi connectivity index (χ0) is 21.9. The summed E-state index contributed by atoms with van der Waals surface area (Å²) in [7, 11) is 0. The van der Waals surface area contributed by atoms with Crippen molar-refractivity contribution in [3.63, 3.8) is 0 Å². The van der Waals surface area contributed by atoms with E-state index < -0.39 is 0 Å². The number of morpholine rings is 1. The molecule has 2 saturated heterocycles. The molecule has 2 fully saturated rings. The fourth-order valence-corrected chi connectivity index (χ4v) is 5.02. The van der Waals surface area contributed by atoms with Crippen molar-refractivity contribution in [1.82, 2.24) is 24.7 Å². The predicted molar refractivity (Wildman–Crippen MR) is 130 cm³/mol. The number of rotatable bonds is 6. The summed E-state index contributed by atoms with van der Waals surface area (Å²) in [6.07, 6.45) is 3.99. The maximum Gasteiger partial charge on any atom is 0.170 e. The van der Waals surface area contributed by atoms with Gasteiger partial charge in [-0.2, -0.15) is 0 Å². The first-order valence-electron chi connectivity index (χ1n) is 11.2. The maximum atomic E-state index is 5.85. The number of benzene rings is 1. The third-order valence-corrected chi connectivity index (χ3v) is 6.67. The molecule has 0 spiro atoms. The second-order valence-electron chi connectivity index (χ2n) is 8.42. The van der Waals surface area contributed by atoms with E-state index in [1.165, 1.54) is 11.3 Å². The van der Waals surface area contributed by atoms with Gasteiger partial charge in [0, 0.05) is 50.0 Å². The Morgan fingerprint density at radius 1 is 1.06 bits per heavy atom. The van der Waals surface area contributed by atoms with Gasteiger partial charge in [-0.05, 0) is 61.1 Å². The topological polar surface area (TPSA) is 45.6 Å². The number of nitrogens with zero attached hydrogens (tertiary/aromatic N) is 4. The molecule has 2 aliphatic heterocycles. The lowest BCUT2D eigenvalue weighted by molar-refractivity contribution is 0.0349. The van der Waals surface area contributed by atoms with E-state index in [-0.39, 0.29) is 12.1 Å². The van der Waals surface area contributed by atoms with Crippen LogP contribution in [-0.4, -0.2) is 63.9 Å². The summed E-state index contributed by atoms with van der Waals surface area (Å²) >= 11 is 5.85. The first-order chi connectivity index (χ1) is 15.7. The normalized spacial score (nSPS) is 21.7. The second-order valence-corrected chi connectivity index (χ2v) is 8.80. The quantitative estimate of drug-likeness (QED) is 0.584. The molecule has 166 valence electrons. The second kappa shape index (κ2) is 9.40. The molecule has 3 aromatic rings. The fraction of sp³-hybridized carbons (Fsp3) is 0.360. The first-order valence-corrected chi connectivity index (χ1v) is 11.6. The molecule has 0 aliphatic carbocycles. The van der Waals surface area contributed by atoms with Crippen LogP contribution >= 0.6 is 12.2 Å². The van der Waals surface area contributed by atoms with Gasteiger partial charge in [0.1, 0.15) is 0 Å². The van der Waals surface area contributed by atoms with E-state index in [4.69, 9.17) is 17.0 Å². The standard InChI is InChI=1S/C25H29N5OS/c1-19-6-4-7-20(18-19)29-11-5-9-22(29)24-23(21-8-2-3-10-26-21)27-25(32)30(24)13-12-28-14-16-31-17-15-28/h2-11,18,23-24H,12-17H2,1H3,(H,27,32)/t23-,24+/m0/s1. The van der Waals surface area contributed by atoms with Crippen molar-refractivity contribution in [1.29, 1.82) is 0 Å². The van der Waals surface area contributed by atoms with Gasteiger partial charge in [-0.1, -0.05) is 18.2 Å². The van der Waals surface area contributed by atoms with Crippen molar-refractivity contribution in [2.45, 2.75) is 19.0 Å². The summed E-state index contributed by atoms with van der Waals surface area (Å²) in [4.78, 5) is 9.47. The third kappa shape index (κ3) is 4.28. The van der Waals surface area contributed by atoms with Gasteiger partial charge in [0.05, 0.1) is 31.0 Å². The average molecular weight is 448 g/mol. The molecule has 0 bridgehead atoms. The monoisotopic (exact) mass is 447 g/mol. The van der Waals surface area contributed by atoms with Gasteiger partial charge in [0.25, 0.3) is 0 Å². The van der Waals surface area contributed by atoms with E-state index in [2.05, 4.69) is 80.3 Å². The van der Waals surface area contributed by atoms with Crippen molar-refractivity contribution in [3.8, 4) is 5.69 Å². The van der Waals surface area contributed by atoms with Crippen molar-refractivity contribution in [2.75, 3.05) is 39.4 Å². The largest absolute Gasteiger partial charge is 0.379 e. The highest BCUT2D eigenvalue weighted by atomic mass is 32.1. The van der Waals surface area contributed by atoms with Crippen LogP contribution < -0.4 is 5.32 Å². The molecular formula is C25H29N5OS. The Bertz CT molecular complexity index is 1060. The van der Waals surface area contributed by atoms with Crippen LogP contribution in [0.15, 0.2) is 67.0 Å². The Kier molecular flexibility index (Phi) is 6.21. The van der Waals surface area contributed by atoms with E-state index in [0.717, 1.165) is 55.9 Å². The number of pyridine rings is 1. The van der Waals surface area contributed by atoms with Crippen LogP contribution in [0.2, 0.25) is 0 Å². The third-order valence-electron chi connectivity index (χ3n) is 6.32. The molecule has 4 heterocycles. The molecule has 2 aromatic heterocycles. The van der Waals surface area contributed by atoms with Crippen molar-refractivity contribution in [3.05, 3.63) is 83.9 Å². The predicted octanol–water partition coefficient (Wildman–Crippen LogP) is 3.49. The van der Waals surface area contributed by atoms with E-state index >= 15 is 0 Å². The van der Waals surface area contributed by atoms with Crippen LogP contribution in [0.1, 0.15) is 29.0 Å². The smallest absolute Gasteiger partial charge is 0.170 e. The van der Waals surface area contributed by atoms with E-state index in [0.29, 0.717) is 0 Å². The highest BCUT2D eigenvalue weighted by Gasteiger charge is 2.41. The summed E-state index contributed by atoms with van der Waals surface area (Å²) in [6, 6.07) is 19.1. The lowest BCUT2D eigenvalue weighted by Crippen LogP contribution is -2.42. The summed E-state index contributed by atoms with van der Waals surface area (Å²) in [5, 5.41) is 4.36. The van der Waals surface area contributed by atoms with Crippen molar-refractivity contribution >= 4 is 17.3 Å². The van der Waals surface area contributed by atoms with Gasteiger partial charge in [-0.3, -0.25) is 9.88 Å². The van der Waals surface area contributed by atoms with E-state index in [1.807, 2.05) is 18.3 Å². The van der Waals surface area contributed by atoms with Gasteiger partial charge < -0.3 is 19.5 Å². The number of aromatic nitrogens is 2. The lowest BCUT2D eigenvalue weighted by Gasteiger charge is -2.32. The Morgan fingerprint density at radius 3 is 2.72 bits per heavy atom. The summed E-state index contributed by atoms with van der Waals surface area (Å²) < 4.78 is 7.80. The number of ether oxygens (including phenoxy) is 1. The van der Waals surface area contributed by atoms with Crippen molar-refractivity contribution < 1.29 is 4.74 Å². The van der Waals surface area contributed by atoms with E-state index in [9.17, 15) is 0 Å². The minimum absolute atomic E-state index is 0.00755. The molecule has 0 amide bonds. The van der Waals surface area contributed by atoms with Crippen LogP contribution in [0.4, 0.5) is 0 Å². The van der Waals surface area contributed by atoms with Gasteiger partial charge in [0.2, 0.25) is 0 Å². The number of hydrogen-bond acceptors (Lipinski definition) is 4. The Morgan fingerprint density at radius 2 is 1.94 bits per heavy atom. The zero-order valence-corrected chi connectivity index (χ0v) is 19.2. The molecule has 5 rings (SSSR count). The number of aryl methyl sites for hydroxylation is 1. The number of hydrogen-bond donors (Lipinski definition) is 1. The maximum absolute atomic E-state index is 5.85. The molecule has 2 aliphatic rings. The molecule has 1 N–H and O–H groups in total. The Balaban J connectivity index is 1.50. The number of nitrogens with one attached hydrogen (secondary N) is 1. The number of thiocarbonyl (C=S) groups is 1.